The lowest BCUT2D eigenvalue weighted by Gasteiger charge is -2.11. The van der Waals surface area contributed by atoms with E-state index in [1.807, 2.05) is 12.1 Å². The Morgan fingerprint density at radius 1 is 0.920 bits per heavy atom. The van der Waals surface area contributed by atoms with Gasteiger partial charge in [-0.3, -0.25) is 9.63 Å². The third-order valence-electron chi connectivity index (χ3n) is 3.45. The first-order valence-corrected chi connectivity index (χ1v) is 7.57. The number of rotatable bonds is 6. The summed E-state index contributed by atoms with van der Waals surface area (Å²) in [7, 11) is 0. The van der Waals surface area contributed by atoms with Crippen LogP contribution in [0, 0.1) is 0 Å². The van der Waals surface area contributed by atoms with E-state index < -0.39 is 24.1 Å². The molecule has 2 aromatic carbocycles. The minimum absolute atomic E-state index is 0.00649. The van der Waals surface area contributed by atoms with Gasteiger partial charge in [0.15, 0.2) is 0 Å². The molecule has 1 saturated heterocycles. The predicted octanol–water partition coefficient (Wildman–Crippen LogP) is 2.21. The molecule has 128 valence electrons. The monoisotopic (exact) mass is 341 g/mol. The number of hydroxylamine groups is 2. The summed E-state index contributed by atoms with van der Waals surface area (Å²) in [4.78, 5) is 41.0. The van der Waals surface area contributed by atoms with Gasteiger partial charge in [0, 0.05) is 0 Å². The Morgan fingerprint density at radius 2 is 1.48 bits per heavy atom. The molecule has 0 saturated carbocycles. The van der Waals surface area contributed by atoms with Crippen molar-refractivity contribution >= 4 is 18.0 Å². The van der Waals surface area contributed by atoms with Gasteiger partial charge < -0.3 is 9.47 Å². The summed E-state index contributed by atoms with van der Waals surface area (Å²) < 4.78 is 9.79. The maximum absolute atomic E-state index is 12.1. The minimum atomic E-state index is -1.65. The van der Waals surface area contributed by atoms with Crippen LogP contribution in [0.25, 0.3) is 0 Å². The van der Waals surface area contributed by atoms with Crippen LogP contribution in [-0.2, 0) is 37.1 Å². The smallest absolute Gasteiger partial charge is 0.443 e. The van der Waals surface area contributed by atoms with Crippen LogP contribution in [0.4, 0.5) is 4.79 Å². The van der Waals surface area contributed by atoms with Gasteiger partial charge in [-0.05, 0) is 11.1 Å². The molecule has 2 amide bonds. The van der Waals surface area contributed by atoms with Crippen LogP contribution in [0.1, 0.15) is 11.1 Å². The third-order valence-corrected chi connectivity index (χ3v) is 3.45. The molecule has 0 aliphatic carbocycles. The average Bonchev–Trinajstić information content (AvgIpc) is 2.94. The van der Waals surface area contributed by atoms with Crippen LogP contribution in [-0.4, -0.2) is 29.1 Å². The molecule has 25 heavy (non-hydrogen) atoms. The van der Waals surface area contributed by atoms with Crippen molar-refractivity contribution in [2.45, 2.75) is 19.3 Å². The van der Waals surface area contributed by atoms with Gasteiger partial charge in [0.2, 0.25) is 0 Å². The minimum Gasteiger partial charge on any atom is -0.458 e. The van der Waals surface area contributed by atoms with E-state index in [4.69, 9.17) is 14.3 Å². The lowest BCUT2D eigenvalue weighted by Crippen LogP contribution is -2.35. The van der Waals surface area contributed by atoms with Crippen molar-refractivity contribution in [3.63, 3.8) is 0 Å². The second kappa shape index (κ2) is 7.59. The molecule has 1 aliphatic heterocycles. The summed E-state index contributed by atoms with van der Waals surface area (Å²) in [6.07, 6.45) is -2.69. The zero-order valence-corrected chi connectivity index (χ0v) is 13.2. The van der Waals surface area contributed by atoms with Gasteiger partial charge in [-0.25, -0.2) is 9.59 Å². The Bertz CT molecular complexity index is 762. The van der Waals surface area contributed by atoms with Crippen LogP contribution < -0.4 is 0 Å². The second-order valence-corrected chi connectivity index (χ2v) is 5.25. The highest BCUT2D eigenvalue weighted by molar-refractivity contribution is 6.10. The molecular weight excluding hydrogens is 326 g/mol. The van der Waals surface area contributed by atoms with Crippen molar-refractivity contribution in [3.8, 4) is 0 Å². The third kappa shape index (κ3) is 4.02. The Balaban J connectivity index is 1.55. The van der Waals surface area contributed by atoms with Crippen molar-refractivity contribution in [1.29, 1.82) is 0 Å². The Morgan fingerprint density at radius 3 is 2.08 bits per heavy atom. The first kappa shape index (κ1) is 16.7. The lowest BCUT2D eigenvalue weighted by atomic mass is 10.2. The van der Waals surface area contributed by atoms with Gasteiger partial charge in [-0.15, -0.1) is 5.06 Å². The first-order chi connectivity index (χ1) is 12.1. The number of cyclic esters (lactones) is 1. The molecule has 1 atom stereocenters. The van der Waals surface area contributed by atoms with E-state index in [9.17, 15) is 14.4 Å². The summed E-state index contributed by atoms with van der Waals surface area (Å²) in [5, 5.41) is 0.446. The van der Waals surface area contributed by atoms with Gasteiger partial charge in [-0.2, -0.15) is 0 Å². The number of esters is 1. The van der Waals surface area contributed by atoms with E-state index in [0.29, 0.717) is 5.06 Å². The zero-order chi connectivity index (χ0) is 17.6. The number of imide groups is 1. The predicted molar refractivity (Wildman–Crippen MR) is 84.6 cm³/mol. The second-order valence-electron chi connectivity index (χ2n) is 5.25. The van der Waals surface area contributed by atoms with Crippen LogP contribution >= 0.6 is 0 Å². The van der Waals surface area contributed by atoms with E-state index in [1.54, 1.807) is 48.5 Å². The van der Waals surface area contributed by atoms with Gasteiger partial charge in [0.05, 0.1) is 0 Å². The van der Waals surface area contributed by atoms with Crippen LogP contribution in [0.5, 0.6) is 0 Å². The van der Waals surface area contributed by atoms with Gasteiger partial charge in [0.1, 0.15) is 13.2 Å². The Labute approximate surface area is 143 Å². The van der Waals surface area contributed by atoms with Crippen LogP contribution in [0.15, 0.2) is 60.7 Å². The topological polar surface area (TPSA) is 82.1 Å². The van der Waals surface area contributed by atoms with Crippen molar-refractivity contribution in [2.24, 2.45) is 0 Å². The van der Waals surface area contributed by atoms with Crippen molar-refractivity contribution in [3.05, 3.63) is 71.8 Å². The molecule has 7 heteroatoms. The number of carbonyl (C=O) groups excluding carboxylic acids is 3. The van der Waals surface area contributed by atoms with E-state index >= 15 is 0 Å². The Hall–Kier alpha value is -3.19. The van der Waals surface area contributed by atoms with E-state index in [-0.39, 0.29) is 13.2 Å². The molecule has 0 radical (unpaired) electrons. The van der Waals surface area contributed by atoms with Crippen molar-refractivity contribution in [2.75, 3.05) is 0 Å². The molecule has 0 aromatic heterocycles. The number of hydrogen-bond acceptors (Lipinski definition) is 6. The summed E-state index contributed by atoms with van der Waals surface area (Å²) in [5.74, 6) is -1.84. The fourth-order valence-electron chi connectivity index (χ4n) is 2.18. The van der Waals surface area contributed by atoms with E-state index in [2.05, 4.69) is 0 Å². The fraction of sp³-hybridized carbons (Fsp3) is 0.167. The molecule has 1 fully saturated rings. The normalized spacial score (nSPS) is 16.6. The molecule has 0 bridgehead atoms. The number of carbonyl (C=O) groups is 3. The molecule has 3 rings (SSSR count). The number of hydrogen-bond donors (Lipinski definition) is 0. The number of ether oxygens (including phenoxy) is 2. The molecule has 2 aromatic rings. The standard InChI is InChI=1S/C18H15NO6/c20-16-15(17(21)23-11-13-7-3-1-4-8-13)25-18(22)19(16)24-12-14-9-5-2-6-10-14/h1-10,15H,11-12H2. The molecule has 1 aliphatic rings. The highest BCUT2D eigenvalue weighted by Gasteiger charge is 2.47. The van der Waals surface area contributed by atoms with Crippen LogP contribution in [0.3, 0.4) is 0 Å². The summed E-state index contributed by atoms with van der Waals surface area (Å²) in [6.45, 7) is -0.0284. The maximum atomic E-state index is 12.1. The quantitative estimate of drug-likeness (QED) is 0.592. The number of amides is 2. The zero-order valence-electron chi connectivity index (χ0n) is 13.2. The fourth-order valence-corrected chi connectivity index (χ4v) is 2.18. The number of nitrogens with zero attached hydrogens (tertiary/aromatic N) is 1. The molecule has 1 unspecified atom stereocenters. The number of benzene rings is 2. The average molecular weight is 341 g/mol. The van der Waals surface area contributed by atoms with Gasteiger partial charge in [0.25, 0.3) is 6.10 Å². The van der Waals surface area contributed by atoms with Crippen molar-refractivity contribution in [1.82, 2.24) is 5.06 Å². The SMILES string of the molecule is O=C(OCc1ccccc1)C1OC(=O)N(OCc2ccccc2)C1=O. The Kier molecular flexibility index (Phi) is 5.06. The first-order valence-electron chi connectivity index (χ1n) is 7.57. The molecule has 0 spiro atoms. The highest BCUT2D eigenvalue weighted by atomic mass is 16.8. The summed E-state index contributed by atoms with van der Waals surface area (Å²) in [5.41, 5.74) is 1.52. The molecular formula is C18H15NO6. The summed E-state index contributed by atoms with van der Waals surface area (Å²) >= 11 is 0. The van der Waals surface area contributed by atoms with Crippen LogP contribution in [0.2, 0.25) is 0 Å². The highest BCUT2D eigenvalue weighted by Crippen LogP contribution is 2.17. The van der Waals surface area contributed by atoms with E-state index in [0.717, 1.165) is 11.1 Å². The largest absolute Gasteiger partial charge is 0.458 e. The molecule has 7 nitrogen and oxygen atoms in total. The van der Waals surface area contributed by atoms with Crippen molar-refractivity contribution < 1.29 is 28.7 Å². The lowest BCUT2D eigenvalue weighted by molar-refractivity contribution is -0.171. The molecule has 1 heterocycles. The molecule has 0 N–H and O–H groups in total. The van der Waals surface area contributed by atoms with Gasteiger partial charge in [-0.1, -0.05) is 60.7 Å². The van der Waals surface area contributed by atoms with E-state index in [1.165, 1.54) is 0 Å². The summed E-state index contributed by atoms with van der Waals surface area (Å²) in [6, 6.07) is 17.9. The maximum Gasteiger partial charge on any atom is 0.443 e. The van der Waals surface area contributed by atoms with Gasteiger partial charge >= 0.3 is 18.0 Å².